The second-order valence-corrected chi connectivity index (χ2v) is 5.73. The van der Waals surface area contributed by atoms with E-state index in [1.165, 1.54) is 0 Å². The summed E-state index contributed by atoms with van der Waals surface area (Å²) in [4.78, 5) is 32.0. The van der Waals surface area contributed by atoms with Crippen LogP contribution in [0, 0.1) is 0 Å². The van der Waals surface area contributed by atoms with Crippen molar-refractivity contribution in [3.05, 3.63) is 54.7 Å². The molecule has 2 heterocycles. The molecule has 1 aliphatic heterocycles. The van der Waals surface area contributed by atoms with Gasteiger partial charge in [-0.1, -0.05) is 24.3 Å². The molecule has 0 bridgehead atoms. The summed E-state index contributed by atoms with van der Waals surface area (Å²) >= 11 is 0. The SMILES string of the molecule is O=C(CNC(=O)N1CCN(c2ccccc2)CC1)Nc1ccccn1. The third-order valence-corrected chi connectivity index (χ3v) is 4.02. The summed E-state index contributed by atoms with van der Waals surface area (Å²) < 4.78 is 0. The lowest BCUT2D eigenvalue weighted by molar-refractivity contribution is -0.115. The van der Waals surface area contributed by atoms with Crippen molar-refractivity contribution in [3.8, 4) is 0 Å². The molecule has 3 rings (SSSR count). The lowest BCUT2D eigenvalue weighted by Gasteiger charge is -2.36. The van der Waals surface area contributed by atoms with E-state index in [4.69, 9.17) is 0 Å². The normalized spacial score (nSPS) is 14.1. The molecule has 0 unspecified atom stereocenters. The Hall–Kier alpha value is -3.09. The van der Waals surface area contributed by atoms with Crippen LogP contribution in [-0.4, -0.2) is 54.5 Å². The molecule has 0 spiro atoms. The Morgan fingerprint density at radius 2 is 1.68 bits per heavy atom. The van der Waals surface area contributed by atoms with Crippen LogP contribution in [-0.2, 0) is 4.79 Å². The number of benzene rings is 1. The Kier molecular flexibility index (Phi) is 5.46. The lowest BCUT2D eigenvalue weighted by Crippen LogP contribution is -2.52. The van der Waals surface area contributed by atoms with E-state index in [1.807, 2.05) is 18.2 Å². The molecular formula is C18H21N5O2. The highest BCUT2D eigenvalue weighted by Gasteiger charge is 2.21. The Morgan fingerprint density at radius 1 is 0.960 bits per heavy atom. The molecule has 25 heavy (non-hydrogen) atoms. The van der Waals surface area contributed by atoms with Crippen LogP contribution in [0.4, 0.5) is 16.3 Å². The zero-order valence-corrected chi connectivity index (χ0v) is 13.9. The number of hydrogen-bond acceptors (Lipinski definition) is 4. The molecule has 1 saturated heterocycles. The summed E-state index contributed by atoms with van der Waals surface area (Å²) in [6.45, 7) is 2.73. The van der Waals surface area contributed by atoms with Gasteiger partial charge in [0.25, 0.3) is 0 Å². The molecule has 0 radical (unpaired) electrons. The number of anilines is 2. The average molecular weight is 339 g/mol. The Bertz CT molecular complexity index is 700. The Labute approximate surface area is 146 Å². The molecule has 7 nitrogen and oxygen atoms in total. The van der Waals surface area contributed by atoms with Gasteiger partial charge >= 0.3 is 6.03 Å². The minimum Gasteiger partial charge on any atom is -0.368 e. The van der Waals surface area contributed by atoms with Crippen molar-refractivity contribution in [3.63, 3.8) is 0 Å². The first-order chi connectivity index (χ1) is 12.2. The molecule has 3 amide bonds. The van der Waals surface area contributed by atoms with Crippen LogP contribution in [0.25, 0.3) is 0 Å². The monoisotopic (exact) mass is 339 g/mol. The topological polar surface area (TPSA) is 77.6 Å². The standard InChI is InChI=1S/C18H21N5O2/c24-17(21-16-8-4-5-9-19-16)14-20-18(25)23-12-10-22(11-13-23)15-6-2-1-3-7-15/h1-9H,10-14H2,(H,20,25)(H,19,21,24). The van der Waals surface area contributed by atoms with Gasteiger partial charge in [0.15, 0.2) is 0 Å². The zero-order valence-electron chi connectivity index (χ0n) is 13.9. The number of para-hydroxylation sites is 1. The highest BCUT2D eigenvalue weighted by atomic mass is 16.2. The molecule has 1 aliphatic rings. The molecule has 1 fully saturated rings. The van der Waals surface area contributed by atoms with E-state index >= 15 is 0 Å². The van der Waals surface area contributed by atoms with Gasteiger partial charge in [0.1, 0.15) is 5.82 Å². The molecule has 1 aromatic heterocycles. The number of pyridine rings is 1. The number of carbonyl (C=O) groups is 2. The third-order valence-electron chi connectivity index (χ3n) is 4.02. The van der Waals surface area contributed by atoms with Crippen LogP contribution in [0.1, 0.15) is 0 Å². The third kappa shape index (κ3) is 4.69. The van der Waals surface area contributed by atoms with Crippen LogP contribution < -0.4 is 15.5 Å². The first kappa shape index (κ1) is 16.8. The van der Waals surface area contributed by atoms with Crippen LogP contribution in [0.2, 0.25) is 0 Å². The molecule has 130 valence electrons. The molecule has 7 heteroatoms. The number of hydrogen-bond donors (Lipinski definition) is 2. The van der Waals surface area contributed by atoms with E-state index in [9.17, 15) is 9.59 Å². The van der Waals surface area contributed by atoms with Gasteiger partial charge in [0.2, 0.25) is 5.91 Å². The first-order valence-electron chi connectivity index (χ1n) is 8.26. The lowest BCUT2D eigenvalue weighted by atomic mass is 10.2. The molecule has 0 aliphatic carbocycles. The molecule has 1 aromatic carbocycles. The highest BCUT2D eigenvalue weighted by molar-refractivity contribution is 5.93. The molecule has 2 aromatic rings. The quantitative estimate of drug-likeness (QED) is 0.886. The van der Waals surface area contributed by atoms with Crippen molar-refractivity contribution in [2.24, 2.45) is 0 Å². The number of rotatable bonds is 4. The van der Waals surface area contributed by atoms with Gasteiger partial charge in [-0.05, 0) is 24.3 Å². The van der Waals surface area contributed by atoms with Gasteiger partial charge in [-0.3, -0.25) is 4.79 Å². The minimum absolute atomic E-state index is 0.0751. The van der Waals surface area contributed by atoms with E-state index in [0.717, 1.165) is 18.8 Å². The van der Waals surface area contributed by atoms with E-state index in [1.54, 1.807) is 29.3 Å². The maximum Gasteiger partial charge on any atom is 0.317 e. The van der Waals surface area contributed by atoms with Crippen LogP contribution >= 0.6 is 0 Å². The van der Waals surface area contributed by atoms with E-state index in [-0.39, 0.29) is 18.5 Å². The van der Waals surface area contributed by atoms with Crippen molar-refractivity contribution in [1.82, 2.24) is 15.2 Å². The summed E-state index contributed by atoms with van der Waals surface area (Å²) in [5, 5.41) is 5.29. The number of nitrogens with one attached hydrogen (secondary N) is 2. The van der Waals surface area contributed by atoms with Crippen molar-refractivity contribution in [1.29, 1.82) is 0 Å². The van der Waals surface area contributed by atoms with Gasteiger partial charge in [0, 0.05) is 38.1 Å². The Morgan fingerprint density at radius 3 is 2.36 bits per heavy atom. The predicted molar refractivity (Wildman–Crippen MR) is 96.5 cm³/mol. The fourth-order valence-corrected chi connectivity index (χ4v) is 2.70. The molecule has 0 saturated carbocycles. The number of urea groups is 1. The van der Waals surface area contributed by atoms with Crippen LogP contribution in [0.15, 0.2) is 54.7 Å². The highest BCUT2D eigenvalue weighted by Crippen LogP contribution is 2.15. The maximum absolute atomic E-state index is 12.2. The second-order valence-electron chi connectivity index (χ2n) is 5.73. The zero-order chi connectivity index (χ0) is 17.5. The van der Waals surface area contributed by atoms with Gasteiger partial charge in [-0.15, -0.1) is 0 Å². The molecule has 0 atom stereocenters. The van der Waals surface area contributed by atoms with E-state index < -0.39 is 0 Å². The summed E-state index contributed by atoms with van der Waals surface area (Å²) in [7, 11) is 0. The van der Waals surface area contributed by atoms with Gasteiger partial charge in [-0.2, -0.15) is 0 Å². The van der Waals surface area contributed by atoms with Crippen LogP contribution in [0.5, 0.6) is 0 Å². The minimum atomic E-state index is -0.296. The van der Waals surface area contributed by atoms with Crippen molar-refractivity contribution in [2.75, 3.05) is 42.9 Å². The fraction of sp³-hybridized carbons (Fsp3) is 0.278. The van der Waals surface area contributed by atoms with Gasteiger partial charge in [-0.25, -0.2) is 9.78 Å². The molecular weight excluding hydrogens is 318 g/mol. The summed E-state index contributed by atoms with van der Waals surface area (Å²) in [5.41, 5.74) is 1.16. The predicted octanol–water partition coefficient (Wildman–Crippen LogP) is 1.55. The molecule has 2 N–H and O–H groups in total. The van der Waals surface area contributed by atoms with Gasteiger partial charge < -0.3 is 20.4 Å². The van der Waals surface area contributed by atoms with Crippen molar-refractivity contribution < 1.29 is 9.59 Å². The maximum atomic E-state index is 12.2. The van der Waals surface area contributed by atoms with E-state index in [0.29, 0.717) is 18.9 Å². The summed E-state index contributed by atoms with van der Waals surface area (Å²) in [6, 6.07) is 15.2. The van der Waals surface area contributed by atoms with Crippen molar-refractivity contribution >= 4 is 23.4 Å². The van der Waals surface area contributed by atoms with Crippen LogP contribution in [0.3, 0.4) is 0 Å². The summed E-state index contributed by atoms with van der Waals surface area (Å²) in [6.07, 6.45) is 1.60. The fourth-order valence-electron chi connectivity index (χ4n) is 2.70. The number of carbonyl (C=O) groups excluding carboxylic acids is 2. The Balaban J connectivity index is 1.41. The second kappa shape index (κ2) is 8.14. The number of nitrogens with zero attached hydrogens (tertiary/aromatic N) is 3. The van der Waals surface area contributed by atoms with Crippen molar-refractivity contribution in [2.45, 2.75) is 0 Å². The smallest absolute Gasteiger partial charge is 0.317 e. The average Bonchev–Trinajstić information content (AvgIpc) is 2.68. The largest absolute Gasteiger partial charge is 0.368 e. The number of aromatic nitrogens is 1. The first-order valence-corrected chi connectivity index (χ1v) is 8.26. The van der Waals surface area contributed by atoms with Gasteiger partial charge in [0.05, 0.1) is 6.54 Å². The summed E-state index contributed by atoms with van der Waals surface area (Å²) in [5.74, 6) is 0.174. The number of amides is 3. The van der Waals surface area contributed by atoms with E-state index in [2.05, 4.69) is 32.7 Å². The number of piperazine rings is 1.